The Labute approximate surface area is 176 Å². The highest BCUT2D eigenvalue weighted by Crippen LogP contribution is 2.31. The molecule has 0 unspecified atom stereocenters. The minimum atomic E-state index is -0.388. The third kappa shape index (κ3) is 4.13. The Morgan fingerprint density at radius 1 is 1.21 bits per heavy atom. The third-order valence-electron chi connectivity index (χ3n) is 4.51. The lowest BCUT2D eigenvalue weighted by Gasteiger charge is -2.16. The molecule has 0 spiro atoms. The number of carbonyl (C=O) groups is 2. The number of anilines is 1. The fraction of sp³-hybridized carbons (Fsp3) is 0.200. The molecule has 7 nitrogen and oxygen atoms in total. The largest absolute Gasteiger partial charge is 0.465 e. The van der Waals surface area contributed by atoms with Crippen LogP contribution in [0.5, 0.6) is 0 Å². The van der Waals surface area contributed by atoms with E-state index < -0.39 is 0 Å². The van der Waals surface area contributed by atoms with Crippen LogP contribution in [-0.4, -0.2) is 41.5 Å². The first kappa shape index (κ1) is 19.5. The number of aromatic nitrogens is 2. The number of esters is 1. The molecule has 0 bridgehead atoms. The number of amides is 1. The summed E-state index contributed by atoms with van der Waals surface area (Å²) < 4.78 is 10.4. The van der Waals surface area contributed by atoms with Crippen LogP contribution in [0.25, 0.3) is 11.5 Å². The lowest BCUT2D eigenvalue weighted by Crippen LogP contribution is -2.30. The molecule has 0 N–H and O–H groups in total. The van der Waals surface area contributed by atoms with Crippen molar-refractivity contribution in [1.82, 2.24) is 10.2 Å². The lowest BCUT2D eigenvalue weighted by molar-refractivity contribution is -0.116. The van der Waals surface area contributed by atoms with Gasteiger partial charge < -0.3 is 14.1 Å². The fourth-order valence-corrected chi connectivity index (χ4v) is 3.85. The Kier molecular flexibility index (Phi) is 5.55. The van der Waals surface area contributed by atoms with Gasteiger partial charge in [0.05, 0.1) is 18.4 Å². The molecule has 0 aliphatic carbocycles. The summed E-state index contributed by atoms with van der Waals surface area (Å²) in [6.07, 6.45) is 0.692. The molecule has 1 aliphatic rings. The van der Waals surface area contributed by atoms with Crippen molar-refractivity contribution in [3.63, 3.8) is 0 Å². The van der Waals surface area contributed by atoms with Crippen molar-refractivity contribution >= 4 is 40.9 Å². The van der Waals surface area contributed by atoms with Gasteiger partial charge in [0, 0.05) is 22.8 Å². The maximum atomic E-state index is 12.7. The van der Waals surface area contributed by atoms with Gasteiger partial charge in [-0.15, -0.1) is 10.2 Å². The molecule has 2 heterocycles. The molecule has 1 aromatic heterocycles. The third-order valence-corrected chi connectivity index (χ3v) is 5.57. The lowest BCUT2D eigenvalue weighted by atomic mass is 10.1. The van der Waals surface area contributed by atoms with E-state index in [-0.39, 0.29) is 17.6 Å². The van der Waals surface area contributed by atoms with Crippen molar-refractivity contribution in [3.05, 3.63) is 58.6 Å². The van der Waals surface area contributed by atoms with Crippen LogP contribution in [0.3, 0.4) is 0 Å². The number of halogens is 1. The van der Waals surface area contributed by atoms with Crippen molar-refractivity contribution in [2.75, 3.05) is 24.3 Å². The van der Waals surface area contributed by atoms with Crippen molar-refractivity contribution in [2.24, 2.45) is 0 Å². The number of hydrogen-bond acceptors (Lipinski definition) is 7. The standard InChI is InChI=1S/C20H16ClN3O4S/c1-27-19(26)14-4-7-16-13(10-14)8-9-24(16)17(25)11-29-20-23-22-18(28-20)12-2-5-15(21)6-3-12/h2-7,10H,8-9,11H2,1H3. The summed E-state index contributed by atoms with van der Waals surface area (Å²) in [5.74, 6) is 0.0887. The monoisotopic (exact) mass is 429 g/mol. The van der Waals surface area contributed by atoms with Gasteiger partial charge in [-0.25, -0.2) is 4.79 Å². The zero-order chi connectivity index (χ0) is 20.4. The van der Waals surface area contributed by atoms with Gasteiger partial charge in [-0.3, -0.25) is 4.79 Å². The van der Waals surface area contributed by atoms with E-state index in [9.17, 15) is 9.59 Å². The van der Waals surface area contributed by atoms with Gasteiger partial charge in [0.15, 0.2) is 0 Å². The van der Waals surface area contributed by atoms with Crippen LogP contribution < -0.4 is 4.90 Å². The van der Waals surface area contributed by atoms with Crippen molar-refractivity contribution in [1.29, 1.82) is 0 Å². The molecule has 2 aromatic carbocycles. The molecular formula is C20H16ClN3O4S. The van der Waals surface area contributed by atoms with E-state index >= 15 is 0 Å². The molecule has 4 rings (SSSR count). The highest BCUT2D eigenvalue weighted by atomic mass is 35.5. The summed E-state index contributed by atoms with van der Waals surface area (Å²) in [6.45, 7) is 0.569. The maximum absolute atomic E-state index is 12.7. The van der Waals surface area contributed by atoms with E-state index in [0.717, 1.165) is 16.8 Å². The van der Waals surface area contributed by atoms with E-state index in [1.54, 1.807) is 47.4 Å². The average Bonchev–Trinajstić information content (AvgIpc) is 3.38. The number of methoxy groups -OCH3 is 1. The second-order valence-corrected chi connectivity index (χ2v) is 7.66. The van der Waals surface area contributed by atoms with Crippen molar-refractivity contribution < 1.29 is 18.7 Å². The second-order valence-electron chi connectivity index (χ2n) is 6.30. The summed E-state index contributed by atoms with van der Waals surface area (Å²) in [5.41, 5.74) is 3.01. The van der Waals surface area contributed by atoms with E-state index in [1.165, 1.54) is 18.9 Å². The number of rotatable bonds is 5. The van der Waals surface area contributed by atoms with Crippen LogP contribution in [0.4, 0.5) is 5.69 Å². The number of ether oxygens (including phenoxy) is 1. The summed E-state index contributed by atoms with van der Waals surface area (Å²) >= 11 is 7.07. The Balaban J connectivity index is 1.40. The average molecular weight is 430 g/mol. The van der Waals surface area contributed by atoms with Crippen LogP contribution in [0.2, 0.25) is 5.02 Å². The Morgan fingerprint density at radius 2 is 2.00 bits per heavy atom. The molecule has 0 atom stereocenters. The Bertz CT molecular complexity index is 1070. The van der Waals surface area contributed by atoms with E-state index in [2.05, 4.69) is 10.2 Å². The van der Waals surface area contributed by atoms with E-state index in [1.807, 2.05) is 0 Å². The van der Waals surface area contributed by atoms with Crippen molar-refractivity contribution in [2.45, 2.75) is 11.6 Å². The maximum Gasteiger partial charge on any atom is 0.337 e. The molecule has 0 fully saturated rings. The van der Waals surface area contributed by atoms with Crippen LogP contribution in [0.1, 0.15) is 15.9 Å². The number of carbonyl (C=O) groups excluding carboxylic acids is 2. The van der Waals surface area contributed by atoms with Gasteiger partial charge in [0.1, 0.15) is 0 Å². The Morgan fingerprint density at radius 3 is 2.76 bits per heavy atom. The van der Waals surface area contributed by atoms with Gasteiger partial charge in [-0.05, 0) is 54.4 Å². The van der Waals surface area contributed by atoms with Gasteiger partial charge >= 0.3 is 5.97 Å². The van der Waals surface area contributed by atoms with Crippen LogP contribution in [0.15, 0.2) is 52.1 Å². The SMILES string of the molecule is COC(=O)c1ccc2c(c1)CCN2C(=O)CSc1nnc(-c2ccc(Cl)cc2)o1. The zero-order valence-electron chi connectivity index (χ0n) is 15.4. The number of thioether (sulfide) groups is 1. The molecule has 3 aromatic rings. The van der Waals surface area contributed by atoms with Gasteiger partial charge in [0.2, 0.25) is 11.8 Å². The smallest absolute Gasteiger partial charge is 0.337 e. The van der Waals surface area contributed by atoms with Gasteiger partial charge in [0.25, 0.3) is 5.22 Å². The van der Waals surface area contributed by atoms with Crippen molar-refractivity contribution in [3.8, 4) is 11.5 Å². The molecule has 9 heteroatoms. The molecular weight excluding hydrogens is 414 g/mol. The van der Waals surface area contributed by atoms with Gasteiger partial charge in [-0.1, -0.05) is 23.4 Å². The highest BCUT2D eigenvalue weighted by Gasteiger charge is 2.26. The normalized spacial score (nSPS) is 12.7. The summed E-state index contributed by atoms with van der Waals surface area (Å²) in [4.78, 5) is 26.1. The van der Waals surface area contributed by atoms with Crippen LogP contribution in [-0.2, 0) is 16.0 Å². The molecule has 1 aliphatic heterocycles. The molecule has 0 saturated heterocycles. The topological polar surface area (TPSA) is 85.5 Å². The molecule has 148 valence electrons. The minimum absolute atomic E-state index is 0.0641. The number of hydrogen-bond donors (Lipinski definition) is 0. The quantitative estimate of drug-likeness (QED) is 0.449. The van der Waals surface area contributed by atoms with E-state index in [0.29, 0.717) is 34.7 Å². The van der Waals surface area contributed by atoms with Gasteiger partial charge in [-0.2, -0.15) is 0 Å². The number of benzene rings is 2. The highest BCUT2D eigenvalue weighted by molar-refractivity contribution is 7.99. The molecule has 29 heavy (non-hydrogen) atoms. The number of fused-ring (bicyclic) bond motifs is 1. The van der Waals surface area contributed by atoms with Crippen LogP contribution >= 0.6 is 23.4 Å². The first-order valence-electron chi connectivity index (χ1n) is 8.79. The minimum Gasteiger partial charge on any atom is -0.465 e. The first-order valence-corrected chi connectivity index (χ1v) is 10.2. The molecule has 1 amide bonds. The first-order chi connectivity index (χ1) is 14.0. The zero-order valence-corrected chi connectivity index (χ0v) is 17.0. The predicted octanol–water partition coefficient (Wildman–Crippen LogP) is 3.86. The van der Waals surface area contributed by atoms with E-state index in [4.69, 9.17) is 20.8 Å². The fourth-order valence-electron chi connectivity index (χ4n) is 3.08. The summed E-state index contributed by atoms with van der Waals surface area (Å²) in [7, 11) is 1.35. The van der Waals surface area contributed by atoms with Crippen LogP contribution in [0, 0.1) is 0 Å². The molecule has 0 saturated carbocycles. The second kappa shape index (κ2) is 8.26. The Hall–Kier alpha value is -2.84. The summed E-state index contributed by atoms with van der Waals surface area (Å²) in [6, 6.07) is 12.3. The predicted molar refractivity (Wildman–Crippen MR) is 109 cm³/mol. The summed E-state index contributed by atoms with van der Waals surface area (Å²) in [5, 5.41) is 8.95. The number of nitrogens with zero attached hydrogens (tertiary/aromatic N) is 3. The molecule has 0 radical (unpaired) electrons.